The van der Waals surface area contributed by atoms with Crippen molar-refractivity contribution in [1.82, 2.24) is 10.3 Å². The normalized spacial score (nSPS) is 10.4. The maximum Gasteiger partial charge on any atom is 0.287 e. The van der Waals surface area contributed by atoms with E-state index in [2.05, 4.69) is 10.3 Å². The van der Waals surface area contributed by atoms with E-state index in [1.54, 1.807) is 44.7 Å². The van der Waals surface area contributed by atoms with Gasteiger partial charge in [0.2, 0.25) is 5.88 Å². The number of ether oxygens (including phenoxy) is 3. The summed E-state index contributed by atoms with van der Waals surface area (Å²) in [5, 5.41) is 2.78. The largest absolute Gasteiger partial charge is 0.497 e. The Morgan fingerprint density at radius 3 is 2.70 bits per heavy atom. The number of nitrogens with one attached hydrogen (secondary N) is 1. The van der Waals surface area contributed by atoms with Gasteiger partial charge in [-0.05, 0) is 29.8 Å². The van der Waals surface area contributed by atoms with Gasteiger partial charge in [0.25, 0.3) is 5.91 Å². The molecule has 0 spiro atoms. The number of rotatable bonds is 8. The van der Waals surface area contributed by atoms with E-state index in [0.29, 0.717) is 36.3 Å². The number of nitrogens with zero attached hydrogens (tertiary/aromatic N) is 1. The summed E-state index contributed by atoms with van der Waals surface area (Å²) < 4.78 is 21.2. The van der Waals surface area contributed by atoms with Crippen LogP contribution in [-0.4, -0.2) is 25.1 Å². The summed E-state index contributed by atoms with van der Waals surface area (Å²) in [5.41, 5.74) is 0.838. The average Bonchev–Trinajstić information content (AvgIpc) is 3.16. The molecule has 0 aliphatic carbocycles. The Labute approximate surface area is 156 Å². The minimum absolute atomic E-state index is 0.244. The molecule has 2 heterocycles. The van der Waals surface area contributed by atoms with Crippen LogP contribution in [-0.2, 0) is 17.9 Å². The van der Waals surface area contributed by atoms with Crippen LogP contribution in [0, 0.1) is 0 Å². The van der Waals surface area contributed by atoms with Crippen LogP contribution in [0.25, 0.3) is 0 Å². The van der Waals surface area contributed by atoms with Crippen LogP contribution in [0.1, 0.15) is 21.9 Å². The van der Waals surface area contributed by atoms with Crippen molar-refractivity contribution in [2.75, 3.05) is 14.2 Å². The molecule has 1 amide bonds. The van der Waals surface area contributed by atoms with Crippen LogP contribution in [0.15, 0.2) is 59.1 Å². The van der Waals surface area contributed by atoms with Crippen molar-refractivity contribution < 1.29 is 23.4 Å². The first kappa shape index (κ1) is 18.5. The molecule has 1 N–H and O–H groups in total. The summed E-state index contributed by atoms with van der Waals surface area (Å²) in [6.07, 6.45) is 1.65. The predicted octanol–water partition coefficient (Wildman–Crippen LogP) is 3.55. The van der Waals surface area contributed by atoms with Crippen LogP contribution in [0.2, 0.25) is 0 Å². The zero-order valence-electron chi connectivity index (χ0n) is 15.1. The first-order valence-corrected chi connectivity index (χ1v) is 8.30. The van der Waals surface area contributed by atoms with E-state index in [4.69, 9.17) is 18.6 Å². The third-order valence-corrected chi connectivity index (χ3v) is 3.69. The smallest absolute Gasteiger partial charge is 0.287 e. The number of hydrogen-bond acceptors (Lipinski definition) is 6. The Balaban J connectivity index is 1.54. The van der Waals surface area contributed by atoms with Gasteiger partial charge in [-0.25, -0.2) is 4.98 Å². The molecule has 0 saturated carbocycles. The minimum atomic E-state index is -0.297. The van der Waals surface area contributed by atoms with E-state index in [0.717, 1.165) is 5.56 Å². The molecule has 0 saturated heterocycles. The third-order valence-electron chi connectivity index (χ3n) is 3.69. The van der Waals surface area contributed by atoms with Crippen molar-refractivity contribution in [3.05, 3.63) is 71.8 Å². The zero-order chi connectivity index (χ0) is 19.1. The Morgan fingerprint density at radius 1 is 1.11 bits per heavy atom. The van der Waals surface area contributed by atoms with Crippen LogP contribution in [0.5, 0.6) is 17.4 Å². The number of pyridine rings is 1. The van der Waals surface area contributed by atoms with Gasteiger partial charge in [0.05, 0.1) is 7.11 Å². The zero-order valence-corrected chi connectivity index (χ0v) is 15.1. The van der Waals surface area contributed by atoms with E-state index < -0.39 is 0 Å². The van der Waals surface area contributed by atoms with Gasteiger partial charge in [0.15, 0.2) is 5.76 Å². The lowest BCUT2D eigenvalue weighted by atomic mass is 10.3. The fraction of sp³-hybridized carbons (Fsp3) is 0.200. The van der Waals surface area contributed by atoms with Crippen molar-refractivity contribution in [1.29, 1.82) is 0 Å². The fourth-order valence-electron chi connectivity index (χ4n) is 2.35. The quantitative estimate of drug-likeness (QED) is 0.655. The molecule has 0 aliphatic rings. The number of furan rings is 1. The van der Waals surface area contributed by atoms with Crippen LogP contribution in [0.3, 0.4) is 0 Å². The SMILES string of the molecule is COCc1ccc(C(=O)NCc2ccc(Oc3cccc(OC)c3)nc2)o1. The second kappa shape index (κ2) is 8.86. The highest BCUT2D eigenvalue weighted by atomic mass is 16.5. The van der Waals surface area contributed by atoms with Crippen molar-refractivity contribution >= 4 is 5.91 Å². The topological polar surface area (TPSA) is 82.8 Å². The van der Waals surface area contributed by atoms with Gasteiger partial charge in [-0.2, -0.15) is 0 Å². The molecule has 140 valence electrons. The van der Waals surface area contributed by atoms with E-state index in [1.165, 1.54) is 0 Å². The molecular formula is C20H20N2O5. The highest BCUT2D eigenvalue weighted by molar-refractivity contribution is 5.91. The Hall–Kier alpha value is -3.32. The standard InChI is InChI=1S/C20H20N2O5/c1-24-13-17-7-8-18(26-17)20(23)22-12-14-6-9-19(21-11-14)27-16-5-3-4-15(10-16)25-2/h3-11H,12-13H2,1-2H3,(H,22,23). The van der Waals surface area contributed by atoms with E-state index in [1.807, 2.05) is 24.3 Å². The molecule has 7 nitrogen and oxygen atoms in total. The molecule has 2 aromatic heterocycles. The van der Waals surface area contributed by atoms with E-state index in [-0.39, 0.29) is 11.7 Å². The summed E-state index contributed by atoms with van der Waals surface area (Å²) >= 11 is 0. The molecule has 1 aromatic carbocycles. The molecular weight excluding hydrogens is 348 g/mol. The van der Waals surface area contributed by atoms with Crippen LogP contribution >= 0.6 is 0 Å². The third kappa shape index (κ3) is 5.08. The maximum absolute atomic E-state index is 12.1. The first-order valence-electron chi connectivity index (χ1n) is 8.30. The fourth-order valence-corrected chi connectivity index (χ4v) is 2.35. The van der Waals surface area contributed by atoms with Crippen LogP contribution < -0.4 is 14.8 Å². The average molecular weight is 368 g/mol. The summed E-state index contributed by atoms with van der Waals surface area (Å²) in [7, 11) is 3.17. The molecule has 0 fully saturated rings. The van der Waals surface area contributed by atoms with Crippen molar-refractivity contribution in [3.8, 4) is 17.4 Å². The number of methoxy groups -OCH3 is 2. The molecule has 0 bridgehead atoms. The summed E-state index contributed by atoms with van der Waals surface area (Å²) in [6, 6.07) is 14.2. The summed E-state index contributed by atoms with van der Waals surface area (Å²) in [5.74, 6) is 2.34. The van der Waals surface area contributed by atoms with Crippen molar-refractivity contribution in [2.45, 2.75) is 13.2 Å². The lowest BCUT2D eigenvalue weighted by Crippen LogP contribution is -2.22. The second-order valence-corrected chi connectivity index (χ2v) is 5.67. The molecule has 27 heavy (non-hydrogen) atoms. The molecule has 3 aromatic rings. The number of hydrogen-bond donors (Lipinski definition) is 1. The lowest BCUT2D eigenvalue weighted by molar-refractivity contribution is 0.0914. The number of aromatic nitrogens is 1. The predicted molar refractivity (Wildman–Crippen MR) is 97.9 cm³/mol. The molecule has 0 unspecified atom stereocenters. The first-order chi connectivity index (χ1) is 13.2. The lowest BCUT2D eigenvalue weighted by Gasteiger charge is -2.07. The molecule has 7 heteroatoms. The van der Waals surface area contributed by atoms with Gasteiger partial charge in [-0.3, -0.25) is 4.79 Å². The number of amides is 1. The van der Waals surface area contributed by atoms with Gasteiger partial charge < -0.3 is 23.9 Å². The molecule has 0 atom stereocenters. The van der Waals surface area contributed by atoms with Gasteiger partial charge in [-0.1, -0.05) is 12.1 Å². The minimum Gasteiger partial charge on any atom is -0.497 e. The van der Waals surface area contributed by atoms with Crippen LogP contribution in [0.4, 0.5) is 0 Å². The number of carbonyl (C=O) groups excluding carboxylic acids is 1. The monoisotopic (exact) mass is 368 g/mol. The summed E-state index contributed by atoms with van der Waals surface area (Å²) in [6.45, 7) is 0.650. The molecule has 0 radical (unpaired) electrons. The Bertz CT molecular complexity index is 889. The maximum atomic E-state index is 12.1. The highest BCUT2D eigenvalue weighted by Crippen LogP contribution is 2.23. The Kier molecular flexibility index (Phi) is 6.06. The van der Waals surface area contributed by atoms with E-state index >= 15 is 0 Å². The Morgan fingerprint density at radius 2 is 1.96 bits per heavy atom. The molecule has 3 rings (SSSR count). The van der Waals surface area contributed by atoms with Gasteiger partial charge in [0.1, 0.15) is 23.9 Å². The number of benzene rings is 1. The molecule has 0 aliphatic heterocycles. The van der Waals surface area contributed by atoms with E-state index in [9.17, 15) is 4.79 Å². The van der Waals surface area contributed by atoms with Gasteiger partial charge in [0, 0.05) is 32.0 Å². The highest BCUT2D eigenvalue weighted by Gasteiger charge is 2.11. The second-order valence-electron chi connectivity index (χ2n) is 5.67. The van der Waals surface area contributed by atoms with Gasteiger partial charge in [-0.15, -0.1) is 0 Å². The number of carbonyl (C=O) groups is 1. The summed E-state index contributed by atoms with van der Waals surface area (Å²) in [4.78, 5) is 16.4. The van der Waals surface area contributed by atoms with Crippen molar-refractivity contribution in [3.63, 3.8) is 0 Å². The van der Waals surface area contributed by atoms with Gasteiger partial charge >= 0.3 is 0 Å². The van der Waals surface area contributed by atoms with Crippen molar-refractivity contribution in [2.24, 2.45) is 0 Å².